The van der Waals surface area contributed by atoms with Crippen molar-refractivity contribution in [3.63, 3.8) is 0 Å². The molecule has 0 atom stereocenters. The summed E-state index contributed by atoms with van der Waals surface area (Å²) in [5.74, 6) is 0. The number of hydrogen-bond acceptors (Lipinski definition) is 3. The predicted octanol–water partition coefficient (Wildman–Crippen LogP) is 2.53. The van der Waals surface area contributed by atoms with Gasteiger partial charge in [0, 0.05) is 5.41 Å². The summed E-state index contributed by atoms with van der Waals surface area (Å²) >= 11 is 5.09. The first kappa shape index (κ1) is 10.2. The molecule has 0 radical (unpaired) electrons. The van der Waals surface area contributed by atoms with Crippen LogP contribution in [0.1, 0.15) is 25.3 Å². The van der Waals surface area contributed by atoms with Crippen molar-refractivity contribution in [2.45, 2.75) is 25.7 Å². The monoisotopic (exact) mass is 248 g/mol. The first-order valence-electron chi connectivity index (χ1n) is 3.88. The average Bonchev–Trinajstić information content (AvgIpc) is 2.36. The number of rotatable bonds is 3. The molecule has 0 fully saturated rings. The summed E-state index contributed by atoms with van der Waals surface area (Å²) in [7, 11) is 0. The third-order valence-corrected chi connectivity index (χ3v) is 3.67. The van der Waals surface area contributed by atoms with Crippen LogP contribution in [0.4, 0.5) is 0 Å². The predicted molar refractivity (Wildman–Crippen MR) is 56.5 cm³/mol. The van der Waals surface area contributed by atoms with Crippen LogP contribution in [0.2, 0.25) is 0 Å². The fourth-order valence-corrected chi connectivity index (χ4v) is 2.37. The molecule has 1 aromatic heterocycles. The molecule has 0 aliphatic rings. The van der Waals surface area contributed by atoms with Gasteiger partial charge in [0.15, 0.2) is 0 Å². The van der Waals surface area contributed by atoms with Crippen molar-refractivity contribution < 1.29 is 0 Å². The fourth-order valence-electron chi connectivity index (χ4n) is 1.04. The van der Waals surface area contributed by atoms with E-state index in [0.29, 0.717) is 6.54 Å². The zero-order valence-corrected chi connectivity index (χ0v) is 9.70. The second-order valence-electron chi connectivity index (χ2n) is 3.39. The summed E-state index contributed by atoms with van der Waals surface area (Å²) in [4.78, 5) is 4.32. The Morgan fingerprint density at radius 1 is 1.67 bits per heavy atom. The van der Waals surface area contributed by atoms with Crippen molar-refractivity contribution in [2.24, 2.45) is 5.73 Å². The van der Waals surface area contributed by atoms with E-state index in [-0.39, 0.29) is 5.41 Å². The van der Waals surface area contributed by atoms with Gasteiger partial charge in [-0.05, 0) is 28.9 Å². The van der Waals surface area contributed by atoms with E-state index in [9.17, 15) is 0 Å². The SMILES string of the molecule is CC(C)(CCN)c1ncc(Br)s1. The summed E-state index contributed by atoms with van der Waals surface area (Å²) < 4.78 is 1.09. The van der Waals surface area contributed by atoms with Gasteiger partial charge in [0.1, 0.15) is 0 Å². The van der Waals surface area contributed by atoms with Crippen molar-refractivity contribution in [3.05, 3.63) is 15.0 Å². The molecule has 0 amide bonds. The maximum absolute atomic E-state index is 5.52. The van der Waals surface area contributed by atoms with Gasteiger partial charge in [-0.3, -0.25) is 0 Å². The van der Waals surface area contributed by atoms with Crippen molar-refractivity contribution >= 4 is 27.3 Å². The Hall–Kier alpha value is 0.0700. The van der Waals surface area contributed by atoms with Gasteiger partial charge in [0.2, 0.25) is 0 Å². The molecule has 0 saturated carbocycles. The van der Waals surface area contributed by atoms with Gasteiger partial charge in [0.05, 0.1) is 15.0 Å². The summed E-state index contributed by atoms with van der Waals surface area (Å²) in [6, 6.07) is 0. The zero-order valence-electron chi connectivity index (χ0n) is 7.30. The second-order valence-corrected chi connectivity index (χ2v) is 5.80. The Balaban J connectivity index is 2.81. The minimum atomic E-state index is 0.117. The minimum Gasteiger partial charge on any atom is -0.330 e. The van der Waals surface area contributed by atoms with Crippen molar-refractivity contribution in [2.75, 3.05) is 6.54 Å². The van der Waals surface area contributed by atoms with E-state index < -0.39 is 0 Å². The van der Waals surface area contributed by atoms with Gasteiger partial charge in [0.25, 0.3) is 0 Å². The van der Waals surface area contributed by atoms with E-state index in [1.807, 2.05) is 6.20 Å². The van der Waals surface area contributed by atoms with Crippen LogP contribution >= 0.6 is 27.3 Å². The molecular weight excluding hydrogens is 236 g/mol. The summed E-state index contributed by atoms with van der Waals surface area (Å²) in [6.45, 7) is 5.06. The van der Waals surface area contributed by atoms with Gasteiger partial charge in [-0.15, -0.1) is 11.3 Å². The molecule has 4 heteroatoms. The molecule has 1 aromatic rings. The lowest BCUT2D eigenvalue weighted by molar-refractivity contribution is 0.485. The highest BCUT2D eigenvalue weighted by Crippen LogP contribution is 2.31. The first-order chi connectivity index (χ1) is 5.56. The van der Waals surface area contributed by atoms with Gasteiger partial charge in [-0.1, -0.05) is 13.8 Å². The lowest BCUT2D eigenvalue weighted by Gasteiger charge is -2.20. The van der Waals surface area contributed by atoms with Crippen molar-refractivity contribution in [1.82, 2.24) is 4.98 Å². The molecule has 2 N–H and O–H groups in total. The van der Waals surface area contributed by atoms with Crippen LogP contribution in [0, 0.1) is 0 Å². The Labute approximate surface area is 85.3 Å². The van der Waals surface area contributed by atoms with Gasteiger partial charge in [-0.25, -0.2) is 4.98 Å². The highest BCUT2D eigenvalue weighted by atomic mass is 79.9. The molecule has 0 bridgehead atoms. The molecule has 0 unspecified atom stereocenters. The quantitative estimate of drug-likeness (QED) is 0.894. The van der Waals surface area contributed by atoms with Gasteiger partial charge < -0.3 is 5.73 Å². The molecule has 2 nitrogen and oxygen atoms in total. The van der Waals surface area contributed by atoms with E-state index in [1.165, 1.54) is 0 Å². The molecule has 0 spiro atoms. The Kier molecular flexibility index (Phi) is 3.26. The number of nitrogens with zero attached hydrogens (tertiary/aromatic N) is 1. The van der Waals surface area contributed by atoms with E-state index in [0.717, 1.165) is 15.2 Å². The van der Waals surface area contributed by atoms with Crippen LogP contribution in [0.25, 0.3) is 0 Å². The zero-order chi connectivity index (χ0) is 9.19. The molecule has 12 heavy (non-hydrogen) atoms. The smallest absolute Gasteiger partial charge is 0.0993 e. The molecule has 1 rings (SSSR count). The normalized spacial score (nSPS) is 12.0. The van der Waals surface area contributed by atoms with Crippen LogP contribution in [-0.4, -0.2) is 11.5 Å². The number of aromatic nitrogens is 1. The lowest BCUT2D eigenvalue weighted by Crippen LogP contribution is -2.21. The summed E-state index contributed by atoms with van der Waals surface area (Å²) in [5.41, 5.74) is 5.64. The van der Waals surface area contributed by atoms with Gasteiger partial charge in [-0.2, -0.15) is 0 Å². The third-order valence-electron chi connectivity index (χ3n) is 1.83. The van der Waals surface area contributed by atoms with Crippen molar-refractivity contribution in [3.8, 4) is 0 Å². The van der Waals surface area contributed by atoms with Crippen LogP contribution < -0.4 is 5.73 Å². The molecule has 0 aliphatic heterocycles. The first-order valence-corrected chi connectivity index (χ1v) is 5.49. The summed E-state index contributed by atoms with van der Waals surface area (Å²) in [6.07, 6.45) is 2.82. The molecule has 68 valence electrons. The van der Waals surface area contributed by atoms with E-state index in [1.54, 1.807) is 11.3 Å². The second kappa shape index (κ2) is 3.85. The largest absolute Gasteiger partial charge is 0.330 e. The highest BCUT2D eigenvalue weighted by molar-refractivity contribution is 9.11. The molecular formula is C8H13BrN2S. The van der Waals surface area contributed by atoms with E-state index in [2.05, 4.69) is 34.8 Å². The van der Waals surface area contributed by atoms with Crippen molar-refractivity contribution in [1.29, 1.82) is 0 Å². The fraction of sp³-hybridized carbons (Fsp3) is 0.625. The maximum Gasteiger partial charge on any atom is 0.0993 e. The van der Waals surface area contributed by atoms with Crippen LogP contribution in [-0.2, 0) is 5.41 Å². The van der Waals surface area contributed by atoms with E-state index in [4.69, 9.17) is 5.73 Å². The van der Waals surface area contributed by atoms with Gasteiger partial charge >= 0.3 is 0 Å². The maximum atomic E-state index is 5.52. The molecule has 0 aromatic carbocycles. The topological polar surface area (TPSA) is 38.9 Å². The average molecular weight is 249 g/mol. The third kappa shape index (κ3) is 2.28. The Bertz CT molecular complexity index is 257. The summed E-state index contributed by atoms with van der Waals surface area (Å²) in [5, 5.41) is 1.15. The van der Waals surface area contributed by atoms with E-state index >= 15 is 0 Å². The van der Waals surface area contributed by atoms with Crippen LogP contribution in [0.3, 0.4) is 0 Å². The number of thiazole rings is 1. The standard InChI is InChI=1S/C8H13BrN2S/c1-8(2,3-4-10)7-11-5-6(9)12-7/h5H,3-4,10H2,1-2H3. The highest BCUT2D eigenvalue weighted by Gasteiger charge is 2.22. The Morgan fingerprint density at radius 3 is 2.75 bits per heavy atom. The van der Waals surface area contributed by atoms with Crippen LogP contribution in [0.5, 0.6) is 0 Å². The molecule has 1 heterocycles. The molecule has 0 aliphatic carbocycles. The minimum absolute atomic E-state index is 0.117. The number of nitrogens with two attached hydrogens (primary N) is 1. The number of halogens is 1. The van der Waals surface area contributed by atoms with Crippen LogP contribution in [0.15, 0.2) is 9.98 Å². The Morgan fingerprint density at radius 2 is 2.33 bits per heavy atom. The molecule has 0 saturated heterocycles. The number of hydrogen-bond donors (Lipinski definition) is 1. The lowest BCUT2D eigenvalue weighted by atomic mass is 9.90.